The van der Waals surface area contributed by atoms with Crippen molar-refractivity contribution < 1.29 is 33.2 Å². The maximum Gasteiger partial charge on any atom is 0.189 e. The summed E-state index contributed by atoms with van der Waals surface area (Å²) in [7, 11) is -0.994. The first-order valence-electron chi connectivity index (χ1n) is 36.8. The molecule has 0 heterocycles. The average molecular weight is 1390 g/mol. The van der Waals surface area contributed by atoms with E-state index in [1.54, 1.807) is 0 Å². The second kappa shape index (κ2) is 29.0. The molecule has 8 aliphatic rings. The molecule has 8 aliphatic carbocycles. The number of aryl methyl sites for hydroxylation is 2. The van der Waals surface area contributed by atoms with Crippen molar-refractivity contribution in [1.29, 1.82) is 0 Å². The van der Waals surface area contributed by atoms with Gasteiger partial charge < -0.3 is 33.2 Å². The van der Waals surface area contributed by atoms with Crippen molar-refractivity contribution in [2.24, 2.45) is 53.3 Å². The highest BCUT2D eigenvalue weighted by atomic mass is 32.2. The molecule has 8 fully saturated rings. The SMILES string of the molecule is Cc1cc([S+](c2ccccc2)c2ccccc2)cc(C)c1OCOC1C2CC3CC(C2)C(c2cccc([S+](c4ccccc4)c4ccc(OCOC5C6CC7CC5CC(C6)C7CC(C)(C)Oc5cccc([S+](c6cccc(OC(C)(C)C)c6)c6cccc(OC(C)(C)C)c6)c5)cc4)c2)C1C3. The van der Waals surface area contributed by atoms with Gasteiger partial charge in [-0.25, -0.2) is 0 Å². The van der Waals surface area contributed by atoms with Crippen molar-refractivity contribution in [3.05, 3.63) is 241 Å². The van der Waals surface area contributed by atoms with E-state index in [1.807, 2.05) is 0 Å². The second-order valence-electron chi connectivity index (χ2n) is 32.2. The number of hydrogen-bond acceptors (Lipinski definition) is 7. The standard InChI is InChI=1S/C90H101O7S3/c1-59-42-81(99(74-30-16-12-17-31-74)75-32-18-13-19-33-75)43-60(2)85(59)92-58-94-87-66-45-61-44-65(51-66)84(82(87)46-61)62-24-20-34-77(52-62)98(73-28-14-11-15-29-73)76-40-38-69(39-41-76)91-57-93-86-67-47-63-48-68(86)50-64(49-67)83(63)56-90(9,10)97-72-27-23-37-80(55-72)100(78-35-21-25-70(53-78)95-88(3,4)5)79-36-22-26-71(54-79)96-89(6,7)8/h11-43,52-55,61,63-68,82-84,86-87H,44-51,56-58H2,1-10H3/q+3. The molecule has 9 aromatic rings. The van der Waals surface area contributed by atoms with Crippen molar-refractivity contribution in [2.75, 3.05) is 13.6 Å². The molecule has 10 heteroatoms. The molecule has 0 amide bonds. The Kier molecular flexibility index (Phi) is 19.9. The molecule has 17 rings (SSSR count). The topological polar surface area (TPSA) is 64.6 Å². The van der Waals surface area contributed by atoms with Gasteiger partial charge in [0.15, 0.2) is 57.6 Å². The lowest BCUT2D eigenvalue weighted by atomic mass is 9.49. The summed E-state index contributed by atoms with van der Waals surface area (Å²) in [5, 5.41) is 0. The zero-order valence-electron chi connectivity index (χ0n) is 60.2. The van der Waals surface area contributed by atoms with Crippen LogP contribution in [0.4, 0.5) is 0 Å². The summed E-state index contributed by atoms with van der Waals surface area (Å²) in [4.78, 5) is 11.5. The van der Waals surface area contributed by atoms with Crippen LogP contribution in [0.3, 0.4) is 0 Å². The van der Waals surface area contributed by atoms with Crippen LogP contribution in [0, 0.1) is 67.1 Å². The van der Waals surface area contributed by atoms with Gasteiger partial charge in [0.25, 0.3) is 0 Å². The predicted octanol–water partition coefficient (Wildman–Crippen LogP) is 22.2. The molecule has 100 heavy (non-hydrogen) atoms. The van der Waals surface area contributed by atoms with Crippen LogP contribution >= 0.6 is 0 Å². The lowest BCUT2D eigenvalue weighted by Gasteiger charge is -2.58. The zero-order valence-corrected chi connectivity index (χ0v) is 62.6. The van der Waals surface area contributed by atoms with Gasteiger partial charge in [-0.2, -0.15) is 0 Å². The van der Waals surface area contributed by atoms with Gasteiger partial charge in [-0.3, -0.25) is 0 Å². The first-order valence-corrected chi connectivity index (χ1v) is 40.5. The number of ether oxygens (including phenoxy) is 7. The van der Waals surface area contributed by atoms with Gasteiger partial charge in [0.1, 0.15) is 45.6 Å². The number of rotatable bonds is 24. The summed E-state index contributed by atoms with van der Waals surface area (Å²) in [6, 6.07) is 82.3. The lowest BCUT2D eigenvalue weighted by Crippen LogP contribution is -2.55. The Hall–Kier alpha value is -7.05. The zero-order chi connectivity index (χ0) is 68.9. The van der Waals surface area contributed by atoms with Gasteiger partial charge in [-0.05, 0) is 312 Å². The Morgan fingerprint density at radius 2 is 0.750 bits per heavy atom. The van der Waals surface area contributed by atoms with Crippen molar-refractivity contribution >= 4 is 32.7 Å². The van der Waals surface area contributed by atoms with Gasteiger partial charge in [-0.1, -0.05) is 84.9 Å². The Bertz CT molecular complexity index is 4110. The Morgan fingerprint density at radius 1 is 0.340 bits per heavy atom. The molecule has 0 radical (unpaired) electrons. The molecule has 7 unspecified atom stereocenters. The van der Waals surface area contributed by atoms with Crippen molar-refractivity contribution in [1.82, 2.24) is 0 Å². The highest BCUT2D eigenvalue weighted by Crippen LogP contribution is 2.62. The lowest BCUT2D eigenvalue weighted by molar-refractivity contribution is -0.177. The quantitative estimate of drug-likeness (QED) is 0.0441. The molecular formula is C90H101O7S3+3. The summed E-state index contributed by atoms with van der Waals surface area (Å²) in [6.45, 7) is 22.1. The van der Waals surface area contributed by atoms with E-state index in [4.69, 9.17) is 33.2 Å². The number of hydrogen-bond donors (Lipinski definition) is 0. The molecular weight excluding hydrogens is 1290 g/mol. The van der Waals surface area contributed by atoms with Crippen LogP contribution < -0.4 is 23.7 Å². The third-order valence-corrected chi connectivity index (χ3v) is 28.7. The molecule has 0 saturated heterocycles. The van der Waals surface area contributed by atoms with E-state index in [1.165, 1.54) is 101 Å². The van der Waals surface area contributed by atoms with Gasteiger partial charge >= 0.3 is 0 Å². The molecule has 0 aliphatic heterocycles. The molecule has 7 atom stereocenters. The fourth-order valence-electron chi connectivity index (χ4n) is 18.8. The summed E-state index contributed by atoms with van der Waals surface area (Å²) < 4.78 is 47.1. The minimum Gasteiger partial charge on any atom is -0.488 e. The summed E-state index contributed by atoms with van der Waals surface area (Å²) in [6.07, 6.45) is 11.4. The molecule has 9 aromatic carbocycles. The van der Waals surface area contributed by atoms with E-state index in [9.17, 15) is 0 Å². The Balaban J connectivity index is 0.573. The van der Waals surface area contributed by atoms with Crippen molar-refractivity contribution in [3.63, 3.8) is 0 Å². The smallest absolute Gasteiger partial charge is 0.189 e. The Labute approximate surface area is 604 Å². The maximum absolute atomic E-state index is 7.13. The van der Waals surface area contributed by atoms with Crippen LogP contribution in [0.5, 0.6) is 28.7 Å². The van der Waals surface area contributed by atoms with E-state index < -0.39 is 10.9 Å². The van der Waals surface area contributed by atoms with E-state index in [0.717, 1.165) is 52.2 Å². The summed E-state index contributed by atoms with van der Waals surface area (Å²) in [5.74, 6) is 10.6. The molecule has 0 N–H and O–H groups in total. The molecule has 0 aromatic heterocycles. The predicted molar refractivity (Wildman–Crippen MR) is 406 cm³/mol. The molecule has 518 valence electrons. The first kappa shape index (κ1) is 68.7. The van der Waals surface area contributed by atoms with E-state index in [0.29, 0.717) is 53.3 Å². The van der Waals surface area contributed by atoms with Crippen LogP contribution in [0.25, 0.3) is 0 Å². The third kappa shape index (κ3) is 15.4. The maximum atomic E-state index is 7.13. The normalized spacial score (nSPS) is 24.7. The largest absolute Gasteiger partial charge is 0.488 e. The van der Waals surface area contributed by atoms with Crippen LogP contribution in [-0.2, 0) is 42.2 Å². The Morgan fingerprint density at radius 3 is 1.27 bits per heavy atom. The molecule has 7 nitrogen and oxygen atoms in total. The van der Waals surface area contributed by atoms with Crippen molar-refractivity contribution in [3.8, 4) is 28.7 Å². The molecule has 8 saturated carbocycles. The van der Waals surface area contributed by atoms with Gasteiger partial charge in [0.2, 0.25) is 0 Å². The summed E-state index contributed by atoms with van der Waals surface area (Å²) >= 11 is 0. The highest BCUT2D eigenvalue weighted by molar-refractivity contribution is 7.97. The number of benzene rings is 9. The van der Waals surface area contributed by atoms with E-state index in [2.05, 4.69) is 294 Å². The highest BCUT2D eigenvalue weighted by Gasteiger charge is 2.56. The van der Waals surface area contributed by atoms with Gasteiger partial charge in [0.05, 0.1) is 44.9 Å². The third-order valence-electron chi connectivity index (χ3n) is 22.1. The average Bonchev–Trinajstić information content (AvgIpc) is 0.740. The fraction of sp³-hybridized carbons (Fsp3) is 0.400. The van der Waals surface area contributed by atoms with E-state index in [-0.39, 0.29) is 64.4 Å². The second-order valence-corrected chi connectivity index (χ2v) is 38.2. The fourth-order valence-corrected chi connectivity index (χ4v) is 25.4. The van der Waals surface area contributed by atoms with Crippen LogP contribution in [0.1, 0.15) is 136 Å². The van der Waals surface area contributed by atoms with Crippen LogP contribution in [-0.4, -0.2) is 42.6 Å². The van der Waals surface area contributed by atoms with E-state index >= 15 is 0 Å². The van der Waals surface area contributed by atoms with Crippen molar-refractivity contribution in [2.45, 2.75) is 206 Å². The molecule has 8 bridgehead atoms. The van der Waals surface area contributed by atoms with Gasteiger partial charge in [-0.15, -0.1) is 0 Å². The van der Waals surface area contributed by atoms with Crippen LogP contribution in [0.15, 0.2) is 269 Å². The minimum absolute atomic E-state index is 0.180. The van der Waals surface area contributed by atoms with Crippen LogP contribution in [0.2, 0.25) is 0 Å². The molecule has 0 spiro atoms. The first-order chi connectivity index (χ1) is 48.3. The minimum atomic E-state index is -0.453. The van der Waals surface area contributed by atoms with Gasteiger partial charge in [0, 0.05) is 30.3 Å². The summed E-state index contributed by atoms with van der Waals surface area (Å²) in [5.41, 5.74) is 2.80. The monoisotopic (exact) mass is 1390 g/mol.